The number of carbonyl (C=O) groups excluding carboxylic acids is 3. The number of piperazine rings is 1. The van der Waals surface area contributed by atoms with Crippen LogP contribution in [0, 0.1) is 0 Å². The maximum atomic E-state index is 13.1. The zero-order chi connectivity index (χ0) is 22.9. The molecule has 3 heterocycles. The Balaban J connectivity index is 1.19. The van der Waals surface area contributed by atoms with Crippen molar-refractivity contribution in [2.45, 2.75) is 18.6 Å². The van der Waals surface area contributed by atoms with Crippen LogP contribution in [0.2, 0.25) is 0 Å². The van der Waals surface area contributed by atoms with E-state index in [1.807, 2.05) is 23.1 Å². The molecule has 2 saturated heterocycles. The van der Waals surface area contributed by atoms with Crippen LogP contribution in [0.15, 0.2) is 48.5 Å². The van der Waals surface area contributed by atoms with Gasteiger partial charge in [-0.3, -0.25) is 19.3 Å². The molecule has 172 valence electrons. The van der Waals surface area contributed by atoms with Gasteiger partial charge in [0, 0.05) is 26.2 Å². The highest BCUT2D eigenvalue weighted by atomic mass is 16.6. The molecule has 0 bridgehead atoms. The number of rotatable bonds is 4. The van der Waals surface area contributed by atoms with Gasteiger partial charge in [0.2, 0.25) is 12.0 Å². The molecule has 0 aliphatic carbocycles. The zero-order valence-electron chi connectivity index (χ0n) is 18.3. The van der Waals surface area contributed by atoms with Gasteiger partial charge in [0.1, 0.15) is 12.4 Å². The van der Waals surface area contributed by atoms with Crippen LogP contribution in [-0.4, -0.2) is 79.6 Å². The van der Waals surface area contributed by atoms with Gasteiger partial charge in [0.15, 0.2) is 11.5 Å². The van der Waals surface area contributed by atoms with Crippen LogP contribution in [0.4, 0.5) is 5.69 Å². The van der Waals surface area contributed by atoms with Crippen LogP contribution in [0.1, 0.15) is 6.42 Å². The molecule has 2 aromatic carbocycles. The summed E-state index contributed by atoms with van der Waals surface area (Å²) in [5, 5.41) is 0. The number of nitrogens with zero attached hydrogens (tertiary/aromatic N) is 3. The summed E-state index contributed by atoms with van der Waals surface area (Å²) in [6.07, 6.45) is -0.554. The van der Waals surface area contributed by atoms with E-state index in [-0.39, 0.29) is 30.7 Å². The van der Waals surface area contributed by atoms with Gasteiger partial charge in [-0.05, 0) is 36.4 Å². The Bertz CT molecular complexity index is 1060. The van der Waals surface area contributed by atoms with Crippen LogP contribution in [0.5, 0.6) is 17.2 Å². The van der Waals surface area contributed by atoms with Crippen molar-refractivity contribution in [2.24, 2.45) is 0 Å². The first-order valence-corrected chi connectivity index (χ1v) is 11.0. The van der Waals surface area contributed by atoms with Gasteiger partial charge in [0.25, 0.3) is 11.8 Å². The highest BCUT2D eigenvalue weighted by molar-refractivity contribution is 6.22. The van der Waals surface area contributed by atoms with Crippen LogP contribution in [0.25, 0.3) is 0 Å². The summed E-state index contributed by atoms with van der Waals surface area (Å²) in [6, 6.07) is 13.6. The second-order valence-electron chi connectivity index (χ2n) is 8.21. The zero-order valence-corrected chi connectivity index (χ0v) is 18.3. The maximum Gasteiger partial charge on any atom is 0.267 e. The summed E-state index contributed by atoms with van der Waals surface area (Å²) in [7, 11) is 1.56. The first-order valence-electron chi connectivity index (χ1n) is 11.0. The van der Waals surface area contributed by atoms with Gasteiger partial charge >= 0.3 is 0 Å². The molecule has 0 aromatic heterocycles. The van der Waals surface area contributed by atoms with Crippen molar-refractivity contribution in [3.8, 4) is 17.2 Å². The summed E-state index contributed by atoms with van der Waals surface area (Å²) >= 11 is 0. The molecule has 3 amide bonds. The fourth-order valence-corrected chi connectivity index (χ4v) is 4.50. The van der Waals surface area contributed by atoms with Gasteiger partial charge in [0.05, 0.1) is 25.3 Å². The molecule has 5 rings (SSSR count). The molecule has 0 N–H and O–H groups in total. The molecule has 0 spiro atoms. The molecule has 33 heavy (non-hydrogen) atoms. The quantitative estimate of drug-likeness (QED) is 0.648. The number of methoxy groups -OCH3 is 1. The van der Waals surface area contributed by atoms with Crippen molar-refractivity contribution in [2.75, 3.05) is 44.8 Å². The van der Waals surface area contributed by atoms with Crippen molar-refractivity contribution in [1.29, 1.82) is 0 Å². The second kappa shape index (κ2) is 8.74. The van der Waals surface area contributed by atoms with E-state index in [1.54, 1.807) is 42.3 Å². The summed E-state index contributed by atoms with van der Waals surface area (Å²) < 4.78 is 16.7. The molecule has 9 heteroatoms. The predicted octanol–water partition coefficient (Wildman–Crippen LogP) is 1.31. The van der Waals surface area contributed by atoms with E-state index in [0.717, 1.165) is 0 Å². The fraction of sp³-hybridized carbons (Fsp3) is 0.375. The molecule has 0 radical (unpaired) electrons. The molecule has 0 unspecified atom stereocenters. The number of ether oxygens (including phenoxy) is 3. The van der Waals surface area contributed by atoms with E-state index in [0.29, 0.717) is 49.1 Å². The molecule has 3 aliphatic heterocycles. The van der Waals surface area contributed by atoms with E-state index in [1.165, 1.54) is 4.90 Å². The van der Waals surface area contributed by atoms with Crippen molar-refractivity contribution in [1.82, 2.24) is 9.80 Å². The minimum atomic E-state index is -0.688. The lowest BCUT2D eigenvalue weighted by molar-refractivity contribution is -0.143. The number of hydrogen-bond acceptors (Lipinski definition) is 7. The lowest BCUT2D eigenvalue weighted by atomic mass is 10.1. The number of carbonyl (C=O) groups is 3. The summed E-state index contributed by atoms with van der Waals surface area (Å²) in [5.41, 5.74) is 0.539. The summed E-state index contributed by atoms with van der Waals surface area (Å²) in [5.74, 6) is 1.28. The van der Waals surface area contributed by atoms with Crippen molar-refractivity contribution in [3.63, 3.8) is 0 Å². The number of para-hydroxylation sites is 2. The fourth-order valence-electron chi connectivity index (χ4n) is 4.50. The molecule has 2 aromatic rings. The Kier molecular flexibility index (Phi) is 5.63. The maximum absolute atomic E-state index is 13.1. The van der Waals surface area contributed by atoms with Crippen LogP contribution in [0.3, 0.4) is 0 Å². The number of fused-ring (bicyclic) bond motifs is 1. The summed E-state index contributed by atoms with van der Waals surface area (Å²) in [4.78, 5) is 43.6. The summed E-state index contributed by atoms with van der Waals surface area (Å²) in [6.45, 7) is 2.11. The van der Waals surface area contributed by atoms with Crippen LogP contribution < -0.4 is 19.1 Å². The third-order valence-corrected chi connectivity index (χ3v) is 6.30. The van der Waals surface area contributed by atoms with Gasteiger partial charge in [-0.1, -0.05) is 12.1 Å². The standard InChI is InChI=1S/C24H25N3O6/c1-31-17-8-6-16(7-9-17)27-22(28)14-18(23(27)29)25-10-12-26(13-11-25)24(30)21-15-32-19-4-2-3-5-20(19)33-21/h2-9,18,21H,10-15H2,1H3/t18-,21+/m1/s1. The minimum Gasteiger partial charge on any atom is -0.497 e. The number of amides is 3. The molecule has 9 nitrogen and oxygen atoms in total. The Hall–Kier alpha value is -3.59. The highest BCUT2D eigenvalue weighted by Crippen LogP contribution is 2.32. The van der Waals surface area contributed by atoms with Gasteiger partial charge in [-0.25, -0.2) is 4.90 Å². The number of imide groups is 1. The first-order chi connectivity index (χ1) is 16.0. The average Bonchev–Trinajstić information content (AvgIpc) is 3.17. The molecule has 2 fully saturated rings. The SMILES string of the molecule is COc1ccc(N2C(=O)C[C@@H](N3CCN(C(=O)[C@@H]4COc5ccccc5O4)CC3)C2=O)cc1. The normalized spacial score (nSPS) is 23.1. The molecular weight excluding hydrogens is 426 g/mol. The Labute approximate surface area is 191 Å². The lowest BCUT2D eigenvalue weighted by Gasteiger charge is -2.38. The Morgan fingerprint density at radius 3 is 2.36 bits per heavy atom. The van der Waals surface area contributed by atoms with Crippen LogP contribution in [-0.2, 0) is 14.4 Å². The minimum absolute atomic E-state index is 0.127. The molecule has 0 saturated carbocycles. The average molecular weight is 451 g/mol. The third kappa shape index (κ3) is 4.00. The highest BCUT2D eigenvalue weighted by Gasteiger charge is 2.44. The van der Waals surface area contributed by atoms with Gasteiger partial charge in [-0.15, -0.1) is 0 Å². The third-order valence-electron chi connectivity index (χ3n) is 6.30. The first kappa shape index (κ1) is 21.3. The number of benzene rings is 2. The van der Waals surface area contributed by atoms with E-state index in [9.17, 15) is 14.4 Å². The molecule has 3 aliphatic rings. The monoisotopic (exact) mass is 451 g/mol. The van der Waals surface area contributed by atoms with E-state index in [2.05, 4.69) is 0 Å². The number of anilines is 1. The number of hydrogen-bond donors (Lipinski definition) is 0. The van der Waals surface area contributed by atoms with Crippen LogP contribution >= 0.6 is 0 Å². The van der Waals surface area contributed by atoms with E-state index in [4.69, 9.17) is 14.2 Å². The molecular formula is C24H25N3O6. The smallest absolute Gasteiger partial charge is 0.267 e. The lowest BCUT2D eigenvalue weighted by Crippen LogP contribution is -2.57. The van der Waals surface area contributed by atoms with Gasteiger partial charge in [-0.2, -0.15) is 0 Å². The second-order valence-corrected chi connectivity index (χ2v) is 8.21. The molecule has 2 atom stereocenters. The van der Waals surface area contributed by atoms with Gasteiger partial charge < -0.3 is 19.1 Å². The predicted molar refractivity (Wildman–Crippen MR) is 118 cm³/mol. The topological polar surface area (TPSA) is 88.6 Å². The van der Waals surface area contributed by atoms with Crippen molar-refractivity contribution < 1.29 is 28.6 Å². The van der Waals surface area contributed by atoms with Crippen molar-refractivity contribution >= 4 is 23.4 Å². The Morgan fingerprint density at radius 1 is 0.970 bits per heavy atom. The largest absolute Gasteiger partial charge is 0.497 e. The van der Waals surface area contributed by atoms with E-state index < -0.39 is 12.1 Å². The van der Waals surface area contributed by atoms with Crippen molar-refractivity contribution in [3.05, 3.63) is 48.5 Å². The van der Waals surface area contributed by atoms with E-state index >= 15 is 0 Å². The Morgan fingerprint density at radius 2 is 1.67 bits per heavy atom.